The van der Waals surface area contributed by atoms with Crippen LogP contribution in [0.2, 0.25) is 0 Å². The van der Waals surface area contributed by atoms with E-state index in [0.29, 0.717) is 6.04 Å². The van der Waals surface area contributed by atoms with Gasteiger partial charge < -0.3 is 10.6 Å². The normalized spacial score (nSPS) is 18.1. The summed E-state index contributed by atoms with van der Waals surface area (Å²) in [6.45, 7) is 2.24. The van der Waals surface area contributed by atoms with Crippen LogP contribution in [0.15, 0.2) is 30.3 Å². The van der Waals surface area contributed by atoms with Crippen molar-refractivity contribution < 1.29 is 0 Å². The van der Waals surface area contributed by atoms with Crippen LogP contribution in [0, 0.1) is 5.92 Å². The van der Waals surface area contributed by atoms with Gasteiger partial charge >= 0.3 is 0 Å². The van der Waals surface area contributed by atoms with Crippen molar-refractivity contribution in [2.45, 2.75) is 45.1 Å². The summed E-state index contributed by atoms with van der Waals surface area (Å²) >= 11 is 5.36. The molecule has 2 nitrogen and oxygen atoms in total. The standard InChI is InChI=1S/C15H22N2S/c1-12(13-8-4-2-5-9-13)16-15(18)17-14-10-6-3-7-11-14/h3,6-7,10-13H,2,4-5,8-9H2,1H3,(H2,16,17,18). The molecule has 18 heavy (non-hydrogen) atoms. The average Bonchev–Trinajstić information content (AvgIpc) is 2.40. The van der Waals surface area contributed by atoms with Crippen molar-refractivity contribution in [3.05, 3.63) is 30.3 Å². The molecular formula is C15H22N2S. The van der Waals surface area contributed by atoms with E-state index in [0.717, 1.165) is 16.7 Å². The third-order valence-corrected chi connectivity index (χ3v) is 3.97. The Morgan fingerprint density at radius 3 is 2.50 bits per heavy atom. The summed E-state index contributed by atoms with van der Waals surface area (Å²) in [7, 11) is 0. The summed E-state index contributed by atoms with van der Waals surface area (Å²) in [6.07, 6.45) is 6.81. The van der Waals surface area contributed by atoms with Gasteiger partial charge in [0.1, 0.15) is 0 Å². The Balaban J connectivity index is 1.79. The maximum atomic E-state index is 5.36. The van der Waals surface area contributed by atoms with E-state index in [-0.39, 0.29) is 0 Å². The van der Waals surface area contributed by atoms with Crippen molar-refractivity contribution in [3.63, 3.8) is 0 Å². The van der Waals surface area contributed by atoms with Crippen LogP contribution in [0.4, 0.5) is 5.69 Å². The van der Waals surface area contributed by atoms with E-state index in [1.165, 1.54) is 32.1 Å². The van der Waals surface area contributed by atoms with E-state index in [4.69, 9.17) is 12.2 Å². The summed E-state index contributed by atoms with van der Waals surface area (Å²) in [6, 6.07) is 10.5. The van der Waals surface area contributed by atoms with E-state index in [2.05, 4.69) is 17.6 Å². The number of anilines is 1. The fourth-order valence-electron chi connectivity index (χ4n) is 2.65. The number of hydrogen-bond acceptors (Lipinski definition) is 1. The lowest BCUT2D eigenvalue weighted by Crippen LogP contribution is -2.41. The second-order valence-electron chi connectivity index (χ2n) is 5.15. The molecule has 1 fully saturated rings. The number of benzene rings is 1. The molecule has 1 unspecified atom stereocenters. The monoisotopic (exact) mass is 262 g/mol. The molecule has 1 saturated carbocycles. The molecule has 0 aromatic heterocycles. The van der Waals surface area contributed by atoms with Gasteiger partial charge in [0.25, 0.3) is 0 Å². The van der Waals surface area contributed by atoms with Crippen LogP contribution >= 0.6 is 12.2 Å². The third kappa shape index (κ3) is 3.98. The molecule has 0 aliphatic heterocycles. The zero-order valence-electron chi connectivity index (χ0n) is 11.0. The molecule has 0 spiro atoms. The summed E-state index contributed by atoms with van der Waals surface area (Å²) in [4.78, 5) is 0. The predicted octanol–water partition coefficient (Wildman–Crippen LogP) is 3.94. The van der Waals surface area contributed by atoms with Crippen LogP contribution in [-0.2, 0) is 0 Å². The summed E-state index contributed by atoms with van der Waals surface area (Å²) < 4.78 is 0. The first-order valence-electron chi connectivity index (χ1n) is 6.88. The first-order valence-corrected chi connectivity index (χ1v) is 7.29. The maximum absolute atomic E-state index is 5.36. The second-order valence-corrected chi connectivity index (χ2v) is 5.56. The molecule has 1 aromatic rings. The van der Waals surface area contributed by atoms with E-state index in [9.17, 15) is 0 Å². The summed E-state index contributed by atoms with van der Waals surface area (Å²) in [5.74, 6) is 0.772. The SMILES string of the molecule is CC(NC(=S)Nc1ccccc1)C1CCCCC1. The molecule has 98 valence electrons. The Hall–Kier alpha value is -1.09. The van der Waals surface area contributed by atoms with Gasteiger partial charge in [0.05, 0.1) is 0 Å². The number of rotatable bonds is 3. The van der Waals surface area contributed by atoms with Gasteiger partial charge in [-0.3, -0.25) is 0 Å². The molecule has 1 aliphatic rings. The van der Waals surface area contributed by atoms with E-state index in [1.807, 2.05) is 30.3 Å². The zero-order valence-corrected chi connectivity index (χ0v) is 11.8. The summed E-state index contributed by atoms with van der Waals surface area (Å²) in [5.41, 5.74) is 1.05. The number of hydrogen-bond donors (Lipinski definition) is 2. The molecule has 1 aliphatic carbocycles. The third-order valence-electron chi connectivity index (χ3n) is 3.75. The number of nitrogens with one attached hydrogen (secondary N) is 2. The molecule has 0 radical (unpaired) electrons. The van der Waals surface area contributed by atoms with Crippen LogP contribution in [0.3, 0.4) is 0 Å². The Labute approximate surface area is 115 Å². The lowest BCUT2D eigenvalue weighted by atomic mass is 9.85. The van der Waals surface area contributed by atoms with Crippen molar-refractivity contribution in [2.24, 2.45) is 5.92 Å². The van der Waals surface area contributed by atoms with E-state index in [1.54, 1.807) is 0 Å². The Kier molecular flexibility index (Phi) is 5.00. The Morgan fingerprint density at radius 2 is 1.83 bits per heavy atom. The smallest absolute Gasteiger partial charge is 0.170 e. The van der Waals surface area contributed by atoms with Crippen LogP contribution in [0.25, 0.3) is 0 Å². The van der Waals surface area contributed by atoms with Crippen LogP contribution in [-0.4, -0.2) is 11.2 Å². The van der Waals surface area contributed by atoms with Gasteiger partial charge in [-0.15, -0.1) is 0 Å². The van der Waals surface area contributed by atoms with Gasteiger partial charge in [0.2, 0.25) is 0 Å². The van der Waals surface area contributed by atoms with Crippen molar-refractivity contribution in [3.8, 4) is 0 Å². The van der Waals surface area contributed by atoms with Crippen LogP contribution < -0.4 is 10.6 Å². The maximum Gasteiger partial charge on any atom is 0.170 e. The van der Waals surface area contributed by atoms with Crippen molar-refractivity contribution in [1.29, 1.82) is 0 Å². The molecule has 2 rings (SSSR count). The fraction of sp³-hybridized carbons (Fsp3) is 0.533. The summed E-state index contributed by atoms with van der Waals surface area (Å²) in [5, 5.41) is 7.39. The van der Waals surface area contributed by atoms with Crippen molar-refractivity contribution >= 4 is 23.0 Å². The second kappa shape index (κ2) is 6.74. The van der Waals surface area contributed by atoms with Gasteiger partial charge in [-0.05, 0) is 50.0 Å². The highest BCUT2D eigenvalue weighted by Crippen LogP contribution is 2.26. The molecule has 0 amide bonds. The van der Waals surface area contributed by atoms with Gasteiger partial charge in [-0.25, -0.2) is 0 Å². The first kappa shape index (κ1) is 13.3. The quantitative estimate of drug-likeness (QED) is 0.807. The topological polar surface area (TPSA) is 24.1 Å². The highest BCUT2D eigenvalue weighted by molar-refractivity contribution is 7.80. The van der Waals surface area contributed by atoms with Crippen molar-refractivity contribution in [1.82, 2.24) is 5.32 Å². The molecule has 2 N–H and O–H groups in total. The van der Waals surface area contributed by atoms with Crippen molar-refractivity contribution in [2.75, 3.05) is 5.32 Å². The highest BCUT2D eigenvalue weighted by Gasteiger charge is 2.20. The lowest BCUT2D eigenvalue weighted by molar-refractivity contribution is 0.302. The zero-order chi connectivity index (χ0) is 12.8. The minimum Gasteiger partial charge on any atom is -0.360 e. The minimum absolute atomic E-state index is 0.467. The largest absolute Gasteiger partial charge is 0.360 e. The van der Waals surface area contributed by atoms with Crippen LogP contribution in [0.5, 0.6) is 0 Å². The minimum atomic E-state index is 0.467. The highest BCUT2D eigenvalue weighted by atomic mass is 32.1. The number of para-hydroxylation sites is 1. The van der Waals surface area contributed by atoms with Crippen LogP contribution in [0.1, 0.15) is 39.0 Å². The average molecular weight is 262 g/mol. The molecule has 0 bridgehead atoms. The molecule has 1 aromatic carbocycles. The number of thiocarbonyl (C=S) groups is 1. The Bertz CT molecular complexity index is 371. The van der Waals surface area contributed by atoms with E-state index < -0.39 is 0 Å². The molecule has 0 saturated heterocycles. The van der Waals surface area contributed by atoms with E-state index >= 15 is 0 Å². The lowest BCUT2D eigenvalue weighted by Gasteiger charge is -2.29. The molecule has 0 heterocycles. The van der Waals surface area contributed by atoms with Gasteiger partial charge in [0, 0.05) is 11.7 Å². The molecule has 3 heteroatoms. The molecular weight excluding hydrogens is 240 g/mol. The van der Waals surface area contributed by atoms with Gasteiger partial charge in [0.15, 0.2) is 5.11 Å². The molecule has 1 atom stereocenters. The van der Waals surface area contributed by atoms with Gasteiger partial charge in [-0.1, -0.05) is 37.5 Å². The first-order chi connectivity index (χ1) is 8.75. The fourth-order valence-corrected chi connectivity index (χ4v) is 2.95. The Morgan fingerprint density at radius 1 is 1.17 bits per heavy atom. The predicted molar refractivity (Wildman–Crippen MR) is 81.8 cm³/mol. The van der Waals surface area contributed by atoms with Gasteiger partial charge in [-0.2, -0.15) is 0 Å².